The monoisotopic (exact) mass is 527 g/mol. The first-order valence-corrected chi connectivity index (χ1v) is 11.4. The molecular formula is C25H20BrClFN3O2. The average molecular weight is 529 g/mol. The quantitative estimate of drug-likeness (QED) is 0.267. The van der Waals surface area contributed by atoms with Gasteiger partial charge >= 0.3 is 0 Å². The molecule has 0 radical (unpaired) electrons. The highest BCUT2D eigenvalue weighted by Gasteiger charge is 2.14. The van der Waals surface area contributed by atoms with Crippen LogP contribution in [-0.4, -0.2) is 15.9 Å². The Morgan fingerprint density at radius 2 is 1.97 bits per heavy atom. The molecular weight excluding hydrogens is 509 g/mol. The van der Waals surface area contributed by atoms with Gasteiger partial charge in [-0.2, -0.15) is 9.78 Å². The largest absolute Gasteiger partial charge is 0.488 e. The molecule has 1 aromatic heterocycles. The second-order valence-electron chi connectivity index (χ2n) is 7.71. The summed E-state index contributed by atoms with van der Waals surface area (Å²) in [4.78, 5) is 17.9. The van der Waals surface area contributed by atoms with Gasteiger partial charge in [-0.1, -0.05) is 59.6 Å². The molecule has 0 atom stereocenters. The Hall–Kier alpha value is -3.03. The summed E-state index contributed by atoms with van der Waals surface area (Å²) < 4.78 is 21.9. The van der Waals surface area contributed by atoms with Gasteiger partial charge in [0, 0.05) is 26.5 Å². The zero-order valence-corrected chi connectivity index (χ0v) is 20.3. The summed E-state index contributed by atoms with van der Waals surface area (Å²) in [6.07, 6.45) is 1.50. The molecule has 0 amide bonds. The van der Waals surface area contributed by atoms with E-state index in [2.05, 4.69) is 26.0 Å². The Morgan fingerprint density at radius 1 is 1.18 bits per heavy atom. The maximum absolute atomic E-state index is 14.0. The zero-order valence-electron chi connectivity index (χ0n) is 17.9. The van der Waals surface area contributed by atoms with E-state index >= 15 is 0 Å². The number of benzene rings is 3. The molecule has 0 aliphatic rings. The maximum Gasteiger partial charge on any atom is 0.282 e. The van der Waals surface area contributed by atoms with Crippen molar-refractivity contribution < 1.29 is 9.13 Å². The van der Waals surface area contributed by atoms with Crippen LogP contribution in [0.25, 0.3) is 10.9 Å². The van der Waals surface area contributed by atoms with Crippen LogP contribution in [0.4, 0.5) is 4.39 Å². The molecule has 4 aromatic rings. The van der Waals surface area contributed by atoms with Crippen LogP contribution in [0, 0.1) is 5.82 Å². The molecule has 0 aliphatic heterocycles. The van der Waals surface area contributed by atoms with Gasteiger partial charge in [0.05, 0.1) is 17.1 Å². The van der Waals surface area contributed by atoms with Crippen LogP contribution in [0.2, 0.25) is 5.02 Å². The lowest BCUT2D eigenvalue weighted by Crippen LogP contribution is -2.23. The van der Waals surface area contributed by atoms with E-state index in [1.807, 2.05) is 19.9 Å². The number of fused-ring (bicyclic) bond motifs is 1. The molecule has 1 heterocycles. The number of hydrogen-bond acceptors (Lipinski definition) is 4. The Labute approximate surface area is 203 Å². The third-order valence-electron chi connectivity index (χ3n) is 4.97. The molecule has 0 unspecified atom stereocenters. The average Bonchev–Trinajstić information content (AvgIpc) is 2.79. The molecule has 0 bridgehead atoms. The lowest BCUT2D eigenvalue weighted by atomic mass is 10.2. The van der Waals surface area contributed by atoms with Crippen molar-refractivity contribution in [2.24, 2.45) is 5.10 Å². The minimum absolute atomic E-state index is 0.0396. The van der Waals surface area contributed by atoms with Crippen LogP contribution in [0.1, 0.15) is 36.7 Å². The first kappa shape index (κ1) is 23.1. The van der Waals surface area contributed by atoms with E-state index in [1.54, 1.807) is 48.5 Å². The van der Waals surface area contributed by atoms with E-state index in [4.69, 9.17) is 16.3 Å². The summed E-state index contributed by atoms with van der Waals surface area (Å²) in [6.45, 7) is 3.93. The lowest BCUT2D eigenvalue weighted by Gasteiger charge is -2.13. The molecule has 3 aromatic carbocycles. The minimum Gasteiger partial charge on any atom is -0.488 e. The van der Waals surface area contributed by atoms with Crippen molar-refractivity contribution >= 4 is 44.6 Å². The zero-order chi connectivity index (χ0) is 23.5. The minimum atomic E-state index is -0.344. The molecule has 4 rings (SSSR count). The van der Waals surface area contributed by atoms with Gasteiger partial charge in [-0.3, -0.25) is 4.79 Å². The molecule has 0 N–H and O–H groups in total. The molecule has 0 fully saturated rings. The molecule has 0 spiro atoms. The summed E-state index contributed by atoms with van der Waals surface area (Å²) >= 11 is 9.59. The van der Waals surface area contributed by atoms with Gasteiger partial charge in [-0.05, 0) is 42.5 Å². The van der Waals surface area contributed by atoms with Crippen molar-refractivity contribution in [3.8, 4) is 5.75 Å². The van der Waals surface area contributed by atoms with E-state index < -0.39 is 0 Å². The number of halogens is 3. The van der Waals surface area contributed by atoms with Crippen LogP contribution in [0.15, 0.2) is 75.0 Å². The fourth-order valence-electron chi connectivity index (χ4n) is 3.29. The maximum atomic E-state index is 14.0. The van der Waals surface area contributed by atoms with Gasteiger partial charge in [0.15, 0.2) is 0 Å². The van der Waals surface area contributed by atoms with E-state index in [9.17, 15) is 9.18 Å². The number of nitrogens with zero attached hydrogens (tertiary/aromatic N) is 3. The molecule has 33 heavy (non-hydrogen) atoms. The van der Waals surface area contributed by atoms with E-state index in [-0.39, 0.29) is 23.9 Å². The molecule has 8 heteroatoms. The van der Waals surface area contributed by atoms with Crippen LogP contribution in [0.3, 0.4) is 0 Å². The van der Waals surface area contributed by atoms with Crippen molar-refractivity contribution in [2.75, 3.05) is 0 Å². The number of hydrogen-bond donors (Lipinski definition) is 0. The molecule has 0 aliphatic carbocycles. The Balaban J connectivity index is 1.74. The van der Waals surface area contributed by atoms with Gasteiger partial charge < -0.3 is 4.74 Å². The fraction of sp³-hybridized carbons (Fsp3) is 0.160. The van der Waals surface area contributed by atoms with E-state index in [0.29, 0.717) is 38.6 Å². The van der Waals surface area contributed by atoms with Crippen LogP contribution >= 0.6 is 27.5 Å². The third-order valence-corrected chi connectivity index (χ3v) is 5.70. The van der Waals surface area contributed by atoms with E-state index in [0.717, 1.165) is 4.47 Å². The molecule has 168 valence electrons. The Morgan fingerprint density at radius 3 is 2.73 bits per heavy atom. The second-order valence-corrected chi connectivity index (χ2v) is 9.06. The smallest absolute Gasteiger partial charge is 0.282 e. The van der Waals surface area contributed by atoms with Crippen molar-refractivity contribution in [2.45, 2.75) is 26.4 Å². The van der Waals surface area contributed by atoms with Gasteiger partial charge in [0.2, 0.25) is 0 Å². The second kappa shape index (κ2) is 9.85. The number of ether oxygens (including phenoxy) is 1. The summed E-state index contributed by atoms with van der Waals surface area (Å²) in [7, 11) is 0. The highest BCUT2D eigenvalue weighted by molar-refractivity contribution is 9.10. The Kier molecular flexibility index (Phi) is 6.91. The van der Waals surface area contributed by atoms with Crippen LogP contribution < -0.4 is 10.3 Å². The van der Waals surface area contributed by atoms with Crippen LogP contribution in [0.5, 0.6) is 5.75 Å². The van der Waals surface area contributed by atoms with Crippen LogP contribution in [-0.2, 0) is 6.61 Å². The molecule has 5 nitrogen and oxygen atoms in total. The van der Waals surface area contributed by atoms with E-state index in [1.165, 1.54) is 17.0 Å². The van der Waals surface area contributed by atoms with Crippen molar-refractivity contribution in [3.05, 3.63) is 103 Å². The summed E-state index contributed by atoms with van der Waals surface area (Å²) in [5, 5.41) is 5.37. The standard InChI is InChI=1S/C25H20BrClFN3O2/c1-15(2)24-30-22-9-7-18(26)12-20(22)25(32)31(24)29-13-17-11-19(27)8-10-23(17)33-14-16-5-3-4-6-21(16)28/h3-13,15H,14H2,1-2H3. The van der Waals surface area contributed by atoms with Crippen molar-refractivity contribution in [1.82, 2.24) is 9.66 Å². The molecule has 0 saturated heterocycles. The van der Waals surface area contributed by atoms with Gasteiger partial charge in [0.1, 0.15) is 24.0 Å². The van der Waals surface area contributed by atoms with Crippen molar-refractivity contribution in [1.29, 1.82) is 0 Å². The lowest BCUT2D eigenvalue weighted by molar-refractivity contribution is 0.299. The van der Waals surface area contributed by atoms with Gasteiger partial charge in [-0.15, -0.1) is 0 Å². The normalized spacial score (nSPS) is 11.6. The highest BCUT2D eigenvalue weighted by Crippen LogP contribution is 2.24. The van der Waals surface area contributed by atoms with Crippen molar-refractivity contribution in [3.63, 3.8) is 0 Å². The summed E-state index contributed by atoms with van der Waals surface area (Å²) in [5.41, 5.74) is 1.31. The third kappa shape index (κ3) is 5.15. The topological polar surface area (TPSA) is 56.5 Å². The SMILES string of the molecule is CC(C)c1nc2ccc(Br)cc2c(=O)n1N=Cc1cc(Cl)ccc1OCc1ccccc1F. The van der Waals surface area contributed by atoms with Gasteiger partial charge in [0.25, 0.3) is 5.56 Å². The molecule has 0 saturated carbocycles. The first-order valence-electron chi connectivity index (χ1n) is 10.3. The Bertz CT molecular complexity index is 1420. The highest BCUT2D eigenvalue weighted by atomic mass is 79.9. The summed E-state index contributed by atoms with van der Waals surface area (Å²) in [5.74, 6) is 0.603. The number of aromatic nitrogens is 2. The summed E-state index contributed by atoms with van der Waals surface area (Å²) in [6, 6.07) is 16.8. The number of rotatable bonds is 6. The fourth-order valence-corrected chi connectivity index (χ4v) is 3.84. The van der Waals surface area contributed by atoms with Gasteiger partial charge in [-0.25, -0.2) is 9.37 Å². The predicted molar refractivity (Wildman–Crippen MR) is 133 cm³/mol. The first-order chi connectivity index (χ1) is 15.8. The predicted octanol–water partition coefficient (Wildman–Crippen LogP) is 6.54.